The van der Waals surface area contributed by atoms with Gasteiger partial charge in [-0.25, -0.2) is 4.79 Å². The number of amides is 1. The smallest absolute Gasteiger partial charge is 0.327 e. The van der Waals surface area contributed by atoms with E-state index in [1.54, 1.807) is 16.7 Å². The number of carboxylic acids is 1. The van der Waals surface area contributed by atoms with Gasteiger partial charge in [0.1, 0.15) is 6.04 Å². The van der Waals surface area contributed by atoms with Gasteiger partial charge < -0.3 is 15.7 Å². The molecule has 104 valence electrons. The van der Waals surface area contributed by atoms with Crippen LogP contribution < -0.4 is 5.73 Å². The molecule has 1 aliphatic rings. The predicted octanol–water partition coefficient (Wildman–Crippen LogP) is 1.13. The third-order valence-corrected chi connectivity index (χ3v) is 4.54. The highest BCUT2D eigenvalue weighted by atomic mass is 32.2. The Bertz CT molecular complexity index is 312. The van der Waals surface area contributed by atoms with Crippen molar-refractivity contribution in [2.75, 3.05) is 12.3 Å². The van der Waals surface area contributed by atoms with Gasteiger partial charge in [0.05, 0.1) is 5.37 Å². The van der Waals surface area contributed by atoms with Crippen LogP contribution in [0.4, 0.5) is 0 Å². The van der Waals surface area contributed by atoms with Crippen molar-refractivity contribution in [1.29, 1.82) is 0 Å². The number of hydrogen-bond acceptors (Lipinski definition) is 4. The third-order valence-electron chi connectivity index (χ3n) is 3.19. The minimum absolute atomic E-state index is 0.00354. The molecule has 3 unspecified atom stereocenters. The van der Waals surface area contributed by atoms with Gasteiger partial charge in [-0.2, -0.15) is 0 Å². The molecular formula is C12H22N2O3S. The van der Waals surface area contributed by atoms with Gasteiger partial charge in [-0.1, -0.05) is 20.3 Å². The van der Waals surface area contributed by atoms with Crippen molar-refractivity contribution in [3.05, 3.63) is 0 Å². The maximum Gasteiger partial charge on any atom is 0.327 e. The van der Waals surface area contributed by atoms with E-state index < -0.39 is 12.0 Å². The van der Waals surface area contributed by atoms with Crippen LogP contribution in [0.25, 0.3) is 0 Å². The van der Waals surface area contributed by atoms with Gasteiger partial charge >= 0.3 is 5.97 Å². The Labute approximate surface area is 112 Å². The van der Waals surface area contributed by atoms with Gasteiger partial charge in [0.2, 0.25) is 5.91 Å². The second kappa shape index (κ2) is 6.99. The molecule has 5 nitrogen and oxygen atoms in total. The molecule has 1 amide bonds. The summed E-state index contributed by atoms with van der Waals surface area (Å²) in [6, 6.07) is -0.681. The van der Waals surface area contributed by atoms with Gasteiger partial charge in [-0.15, -0.1) is 11.8 Å². The molecule has 3 atom stereocenters. The minimum Gasteiger partial charge on any atom is -0.480 e. The van der Waals surface area contributed by atoms with Crippen LogP contribution in [0.2, 0.25) is 0 Å². The molecule has 6 heteroatoms. The van der Waals surface area contributed by atoms with Crippen molar-refractivity contribution in [2.24, 2.45) is 11.7 Å². The molecule has 0 aliphatic carbocycles. The summed E-state index contributed by atoms with van der Waals surface area (Å²) in [4.78, 5) is 25.1. The normalized spacial score (nSPS) is 25.2. The zero-order valence-corrected chi connectivity index (χ0v) is 11.8. The largest absolute Gasteiger partial charge is 0.480 e. The highest BCUT2D eigenvalue weighted by Crippen LogP contribution is 2.33. The molecule has 1 fully saturated rings. The summed E-state index contributed by atoms with van der Waals surface area (Å²) in [7, 11) is 0. The standard InChI is InChI=1S/C12H22N2O3S/c1-3-4-10-14(9(7-18-10)12(16)17)11(15)8(2)5-6-13/h8-10H,3-7,13H2,1-2H3,(H,16,17). The molecule has 3 N–H and O–H groups in total. The van der Waals surface area contributed by atoms with E-state index in [1.165, 1.54) is 0 Å². The van der Waals surface area contributed by atoms with E-state index >= 15 is 0 Å². The van der Waals surface area contributed by atoms with Crippen LogP contribution >= 0.6 is 11.8 Å². The Kier molecular flexibility index (Phi) is 5.95. The summed E-state index contributed by atoms with van der Waals surface area (Å²) in [6.45, 7) is 4.31. The van der Waals surface area contributed by atoms with Crippen LogP contribution in [0.3, 0.4) is 0 Å². The highest BCUT2D eigenvalue weighted by molar-refractivity contribution is 8.00. The lowest BCUT2D eigenvalue weighted by atomic mass is 10.0. The summed E-state index contributed by atoms with van der Waals surface area (Å²) in [6.07, 6.45) is 2.39. The number of carbonyl (C=O) groups excluding carboxylic acids is 1. The minimum atomic E-state index is -0.908. The Balaban J connectivity index is 2.81. The van der Waals surface area contributed by atoms with E-state index in [4.69, 9.17) is 5.73 Å². The van der Waals surface area contributed by atoms with Gasteiger partial charge in [0, 0.05) is 11.7 Å². The van der Waals surface area contributed by atoms with Gasteiger partial charge in [0.25, 0.3) is 0 Å². The second-order valence-electron chi connectivity index (χ2n) is 4.65. The number of carbonyl (C=O) groups is 2. The van der Waals surface area contributed by atoms with E-state index in [9.17, 15) is 14.7 Å². The number of nitrogens with two attached hydrogens (primary N) is 1. The SMILES string of the molecule is CCCC1SCC(C(=O)O)N1C(=O)C(C)CCN. The lowest BCUT2D eigenvalue weighted by molar-refractivity contribution is -0.150. The topological polar surface area (TPSA) is 83.6 Å². The molecular weight excluding hydrogens is 252 g/mol. The van der Waals surface area contributed by atoms with E-state index in [0.29, 0.717) is 18.7 Å². The summed E-state index contributed by atoms with van der Waals surface area (Å²) < 4.78 is 0. The van der Waals surface area contributed by atoms with Crippen molar-refractivity contribution >= 4 is 23.6 Å². The van der Waals surface area contributed by atoms with E-state index in [-0.39, 0.29) is 17.2 Å². The fourth-order valence-corrected chi connectivity index (χ4v) is 3.67. The van der Waals surface area contributed by atoms with E-state index in [2.05, 4.69) is 0 Å². The molecule has 0 aromatic carbocycles. The Hall–Kier alpha value is -0.750. The Morgan fingerprint density at radius 3 is 2.72 bits per heavy atom. The molecule has 0 radical (unpaired) electrons. The van der Waals surface area contributed by atoms with Crippen LogP contribution in [0.5, 0.6) is 0 Å². The number of hydrogen-bond donors (Lipinski definition) is 2. The first-order valence-corrected chi connectivity index (χ1v) is 7.44. The molecule has 0 spiro atoms. The van der Waals surface area contributed by atoms with Gasteiger partial charge in [0.15, 0.2) is 0 Å². The fourth-order valence-electron chi connectivity index (χ4n) is 2.15. The quantitative estimate of drug-likeness (QED) is 0.758. The van der Waals surface area contributed by atoms with Crippen molar-refractivity contribution in [3.63, 3.8) is 0 Å². The van der Waals surface area contributed by atoms with Crippen LogP contribution in [0, 0.1) is 5.92 Å². The molecule has 0 bridgehead atoms. The summed E-state index contributed by atoms with van der Waals surface area (Å²) in [5, 5.41) is 9.20. The lowest BCUT2D eigenvalue weighted by Gasteiger charge is -2.29. The maximum absolute atomic E-state index is 12.3. The molecule has 1 heterocycles. The molecule has 1 aliphatic heterocycles. The van der Waals surface area contributed by atoms with Gasteiger partial charge in [-0.05, 0) is 19.4 Å². The zero-order chi connectivity index (χ0) is 13.7. The molecule has 0 saturated carbocycles. The summed E-state index contributed by atoms with van der Waals surface area (Å²) in [5.74, 6) is -0.693. The van der Waals surface area contributed by atoms with Crippen molar-refractivity contribution < 1.29 is 14.7 Å². The Morgan fingerprint density at radius 1 is 1.56 bits per heavy atom. The van der Waals surface area contributed by atoms with E-state index in [1.807, 2.05) is 13.8 Å². The van der Waals surface area contributed by atoms with Crippen molar-refractivity contribution in [3.8, 4) is 0 Å². The van der Waals surface area contributed by atoms with Crippen LogP contribution in [-0.2, 0) is 9.59 Å². The first kappa shape index (κ1) is 15.3. The number of carboxylic acid groups (broad SMARTS) is 1. The predicted molar refractivity (Wildman–Crippen MR) is 72.3 cm³/mol. The molecule has 1 rings (SSSR count). The van der Waals surface area contributed by atoms with Gasteiger partial charge in [-0.3, -0.25) is 4.79 Å². The number of thioether (sulfide) groups is 1. The lowest BCUT2D eigenvalue weighted by Crippen LogP contribution is -2.47. The van der Waals surface area contributed by atoms with E-state index in [0.717, 1.165) is 12.8 Å². The molecule has 0 aromatic rings. The number of nitrogens with zero attached hydrogens (tertiary/aromatic N) is 1. The monoisotopic (exact) mass is 274 g/mol. The summed E-state index contributed by atoms with van der Waals surface area (Å²) in [5.41, 5.74) is 5.46. The van der Waals surface area contributed by atoms with Crippen molar-refractivity contribution in [1.82, 2.24) is 4.90 Å². The van der Waals surface area contributed by atoms with Crippen LogP contribution in [-0.4, -0.2) is 45.6 Å². The first-order chi connectivity index (χ1) is 8.52. The highest BCUT2D eigenvalue weighted by Gasteiger charge is 2.42. The maximum atomic E-state index is 12.3. The first-order valence-electron chi connectivity index (χ1n) is 6.39. The molecule has 1 saturated heterocycles. The fraction of sp³-hybridized carbons (Fsp3) is 0.833. The average molecular weight is 274 g/mol. The second-order valence-corrected chi connectivity index (χ2v) is 5.87. The zero-order valence-electron chi connectivity index (χ0n) is 11.0. The van der Waals surface area contributed by atoms with Crippen molar-refractivity contribution in [2.45, 2.75) is 44.5 Å². The Morgan fingerprint density at radius 2 is 2.22 bits per heavy atom. The third kappa shape index (κ3) is 3.38. The average Bonchev–Trinajstić information content (AvgIpc) is 2.72. The number of aliphatic carboxylic acids is 1. The molecule has 18 heavy (non-hydrogen) atoms. The summed E-state index contributed by atoms with van der Waals surface area (Å²) >= 11 is 1.57. The molecule has 0 aromatic heterocycles. The number of rotatable bonds is 6. The van der Waals surface area contributed by atoms with Crippen LogP contribution in [0.15, 0.2) is 0 Å². The van der Waals surface area contributed by atoms with Crippen LogP contribution in [0.1, 0.15) is 33.1 Å².